The molecule has 0 unspecified atom stereocenters. The monoisotopic (exact) mass is 284 g/mol. The van der Waals surface area contributed by atoms with E-state index in [1.807, 2.05) is 13.8 Å². The van der Waals surface area contributed by atoms with Gasteiger partial charge in [-0.3, -0.25) is 4.79 Å². The fourth-order valence-electron chi connectivity index (χ4n) is 1.78. The molecule has 0 radical (unpaired) electrons. The van der Waals surface area contributed by atoms with E-state index in [0.29, 0.717) is 18.4 Å². The minimum Gasteiger partial charge on any atom is -0.366 e. The molecule has 3 N–H and O–H groups in total. The SMILES string of the molecule is CCC(CC)NS(=O)(=O)c1ccc(C)c(C(N)=O)c1. The molecule has 0 aromatic heterocycles. The van der Waals surface area contributed by atoms with E-state index < -0.39 is 15.9 Å². The number of sulfonamides is 1. The van der Waals surface area contributed by atoms with Gasteiger partial charge in [-0.25, -0.2) is 13.1 Å². The average molecular weight is 284 g/mol. The number of nitrogens with one attached hydrogen (secondary N) is 1. The molecule has 0 aliphatic heterocycles. The zero-order valence-corrected chi connectivity index (χ0v) is 12.3. The van der Waals surface area contributed by atoms with Crippen LogP contribution in [-0.4, -0.2) is 20.4 Å². The molecule has 0 heterocycles. The van der Waals surface area contributed by atoms with E-state index in [9.17, 15) is 13.2 Å². The highest BCUT2D eigenvalue weighted by Crippen LogP contribution is 2.16. The van der Waals surface area contributed by atoms with Crippen LogP contribution >= 0.6 is 0 Å². The molecular weight excluding hydrogens is 264 g/mol. The summed E-state index contributed by atoms with van der Waals surface area (Å²) < 4.78 is 27.0. The molecule has 0 aliphatic rings. The third kappa shape index (κ3) is 3.78. The van der Waals surface area contributed by atoms with Crippen molar-refractivity contribution in [3.63, 3.8) is 0 Å². The van der Waals surface area contributed by atoms with Crippen LogP contribution in [-0.2, 0) is 10.0 Å². The molecule has 0 fully saturated rings. The average Bonchev–Trinajstić information content (AvgIpc) is 2.35. The van der Waals surface area contributed by atoms with E-state index >= 15 is 0 Å². The predicted octanol–water partition coefficient (Wildman–Crippen LogP) is 1.56. The van der Waals surface area contributed by atoms with Crippen molar-refractivity contribution < 1.29 is 13.2 Å². The van der Waals surface area contributed by atoms with Gasteiger partial charge in [-0.05, 0) is 37.5 Å². The Morgan fingerprint density at radius 2 is 1.89 bits per heavy atom. The van der Waals surface area contributed by atoms with Crippen LogP contribution in [0.1, 0.15) is 42.6 Å². The van der Waals surface area contributed by atoms with Crippen molar-refractivity contribution in [2.24, 2.45) is 5.73 Å². The number of amides is 1. The van der Waals surface area contributed by atoms with Gasteiger partial charge in [0.2, 0.25) is 15.9 Å². The maximum atomic E-state index is 12.2. The van der Waals surface area contributed by atoms with Gasteiger partial charge < -0.3 is 5.73 Å². The van der Waals surface area contributed by atoms with Gasteiger partial charge in [0.15, 0.2) is 0 Å². The van der Waals surface area contributed by atoms with Crippen molar-refractivity contribution in [2.75, 3.05) is 0 Å². The summed E-state index contributed by atoms with van der Waals surface area (Å²) in [5.74, 6) is -0.628. The molecule has 1 aromatic carbocycles. The second kappa shape index (κ2) is 6.16. The van der Waals surface area contributed by atoms with Crippen LogP contribution in [0, 0.1) is 6.92 Å². The minimum atomic E-state index is -3.61. The predicted molar refractivity (Wildman–Crippen MR) is 74.4 cm³/mol. The Kier molecular flexibility index (Phi) is 5.08. The number of nitrogens with two attached hydrogens (primary N) is 1. The third-order valence-electron chi connectivity index (χ3n) is 3.09. The van der Waals surface area contributed by atoms with E-state index in [1.165, 1.54) is 12.1 Å². The van der Waals surface area contributed by atoms with Crippen LogP contribution in [0.25, 0.3) is 0 Å². The molecule has 1 amide bonds. The highest BCUT2D eigenvalue weighted by atomic mass is 32.2. The van der Waals surface area contributed by atoms with Crippen molar-refractivity contribution in [3.8, 4) is 0 Å². The molecule has 0 saturated heterocycles. The molecule has 106 valence electrons. The Bertz CT molecular complexity index is 563. The Labute approximate surface area is 114 Å². The lowest BCUT2D eigenvalue weighted by Gasteiger charge is -2.15. The first-order valence-corrected chi connectivity index (χ1v) is 7.72. The molecule has 1 aromatic rings. The number of carbonyl (C=O) groups excluding carboxylic acids is 1. The van der Waals surface area contributed by atoms with Crippen molar-refractivity contribution in [3.05, 3.63) is 29.3 Å². The second-order valence-corrected chi connectivity index (χ2v) is 6.19. The summed E-state index contributed by atoms with van der Waals surface area (Å²) in [6.45, 7) is 5.55. The van der Waals surface area contributed by atoms with Crippen molar-refractivity contribution >= 4 is 15.9 Å². The Morgan fingerprint density at radius 1 is 1.32 bits per heavy atom. The fraction of sp³-hybridized carbons (Fsp3) is 0.462. The molecule has 1 rings (SSSR count). The molecule has 5 nitrogen and oxygen atoms in total. The molecular formula is C13H20N2O3S. The Morgan fingerprint density at radius 3 is 2.37 bits per heavy atom. The lowest BCUT2D eigenvalue weighted by Crippen LogP contribution is -2.34. The molecule has 0 spiro atoms. The van der Waals surface area contributed by atoms with Gasteiger partial charge in [0.1, 0.15) is 0 Å². The summed E-state index contributed by atoms with van der Waals surface area (Å²) in [5.41, 5.74) is 6.12. The highest BCUT2D eigenvalue weighted by Gasteiger charge is 2.19. The van der Waals surface area contributed by atoms with Crippen LogP contribution in [0.4, 0.5) is 0 Å². The van der Waals surface area contributed by atoms with Crippen LogP contribution in [0.15, 0.2) is 23.1 Å². The summed E-state index contributed by atoms with van der Waals surface area (Å²) in [6, 6.07) is 4.28. The van der Waals surface area contributed by atoms with Gasteiger partial charge >= 0.3 is 0 Å². The Balaban J connectivity index is 3.15. The number of hydrogen-bond acceptors (Lipinski definition) is 3. The first-order valence-electron chi connectivity index (χ1n) is 6.24. The maximum absolute atomic E-state index is 12.2. The molecule has 19 heavy (non-hydrogen) atoms. The zero-order valence-electron chi connectivity index (χ0n) is 11.4. The van der Waals surface area contributed by atoms with E-state index in [1.54, 1.807) is 13.0 Å². The molecule has 0 bridgehead atoms. The molecule has 0 saturated carbocycles. The minimum absolute atomic E-state index is 0.0683. The number of carbonyl (C=O) groups is 1. The fourth-order valence-corrected chi connectivity index (χ4v) is 3.20. The number of hydrogen-bond donors (Lipinski definition) is 2. The first-order chi connectivity index (χ1) is 8.81. The van der Waals surface area contributed by atoms with E-state index in [0.717, 1.165) is 0 Å². The summed E-state index contributed by atoms with van der Waals surface area (Å²) in [6.07, 6.45) is 1.43. The second-order valence-electron chi connectivity index (χ2n) is 4.48. The van der Waals surface area contributed by atoms with Gasteiger partial charge in [-0.15, -0.1) is 0 Å². The van der Waals surface area contributed by atoms with E-state index in [2.05, 4.69) is 4.72 Å². The quantitative estimate of drug-likeness (QED) is 0.830. The van der Waals surface area contributed by atoms with Crippen LogP contribution in [0.3, 0.4) is 0 Å². The van der Waals surface area contributed by atoms with E-state index in [4.69, 9.17) is 5.73 Å². The van der Waals surface area contributed by atoms with Crippen LogP contribution in [0.2, 0.25) is 0 Å². The largest absolute Gasteiger partial charge is 0.366 e. The summed E-state index contributed by atoms with van der Waals surface area (Å²) in [4.78, 5) is 11.3. The van der Waals surface area contributed by atoms with Gasteiger partial charge in [0.25, 0.3) is 0 Å². The normalized spacial score (nSPS) is 11.8. The Hall–Kier alpha value is -1.40. The topological polar surface area (TPSA) is 89.3 Å². The molecule has 6 heteroatoms. The van der Waals surface area contributed by atoms with Crippen molar-refractivity contribution in [2.45, 2.75) is 44.6 Å². The molecule has 0 atom stereocenters. The van der Waals surface area contributed by atoms with Gasteiger partial charge in [0.05, 0.1) is 4.90 Å². The number of benzene rings is 1. The standard InChI is InChI=1S/C13H20N2O3S/c1-4-10(5-2)15-19(17,18)11-7-6-9(3)12(8-11)13(14)16/h6-8,10,15H,4-5H2,1-3H3,(H2,14,16). The lowest BCUT2D eigenvalue weighted by atomic mass is 10.1. The zero-order chi connectivity index (χ0) is 14.6. The maximum Gasteiger partial charge on any atom is 0.249 e. The summed E-state index contributed by atoms with van der Waals surface area (Å²) in [5, 5.41) is 0. The lowest BCUT2D eigenvalue weighted by molar-refractivity contribution is 0.0999. The first kappa shape index (κ1) is 15.7. The highest BCUT2D eigenvalue weighted by molar-refractivity contribution is 7.89. The van der Waals surface area contributed by atoms with Gasteiger partial charge in [-0.2, -0.15) is 0 Å². The van der Waals surface area contributed by atoms with Gasteiger partial charge in [-0.1, -0.05) is 19.9 Å². The molecule has 0 aliphatic carbocycles. The number of rotatable bonds is 6. The van der Waals surface area contributed by atoms with Crippen molar-refractivity contribution in [1.82, 2.24) is 4.72 Å². The van der Waals surface area contributed by atoms with Gasteiger partial charge in [0, 0.05) is 11.6 Å². The number of primary amides is 1. The summed E-state index contributed by atoms with van der Waals surface area (Å²) >= 11 is 0. The smallest absolute Gasteiger partial charge is 0.249 e. The van der Waals surface area contributed by atoms with Crippen molar-refractivity contribution in [1.29, 1.82) is 0 Å². The van der Waals surface area contributed by atoms with Crippen LogP contribution in [0.5, 0.6) is 0 Å². The number of aryl methyl sites for hydroxylation is 1. The summed E-state index contributed by atoms with van der Waals surface area (Å²) in [7, 11) is -3.61. The van der Waals surface area contributed by atoms with E-state index in [-0.39, 0.29) is 16.5 Å². The third-order valence-corrected chi connectivity index (χ3v) is 4.61. The van der Waals surface area contributed by atoms with Crippen LogP contribution < -0.4 is 10.5 Å².